The average Bonchev–Trinajstić information content (AvgIpc) is 3.10. The van der Waals surface area contributed by atoms with Gasteiger partial charge in [0.25, 0.3) is 0 Å². The van der Waals surface area contributed by atoms with Gasteiger partial charge in [0, 0.05) is 18.8 Å². The zero-order chi connectivity index (χ0) is 18.4. The van der Waals surface area contributed by atoms with Crippen LogP contribution in [0.5, 0.6) is 0 Å². The van der Waals surface area contributed by atoms with Crippen LogP contribution in [0.3, 0.4) is 0 Å². The van der Waals surface area contributed by atoms with E-state index in [9.17, 15) is 18.0 Å². The molecule has 0 spiro atoms. The fourth-order valence-corrected chi connectivity index (χ4v) is 2.79. The van der Waals surface area contributed by atoms with E-state index in [1.807, 2.05) is 0 Å². The minimum atomic E-state index is -4.80. The number of hydrogen-bond donors (Lipinski definition) is 1. The summed E-state index contributed by atoms with van der Waals surface area (Å²) < 4.78 is 48.3. The summed E-state index contributed by atoms with van der Waals surface area (Å²) in [6, 6.07) is -1.15. The van der Waals surface area contributed by atoms with Crippen molar-refractivity contribution in [2.75, 3.05) is 11.9 Å². The Kier molecular flexibility index (Phi) is 4.01. The largest absolute Gasteiger partial charge is 0.463 e. The van der Waals surface area contributed by atoms with Crippen molar-refractivity contribution in [1.82, 2.24) is 24.5 Å². The number of nitrogens with zero attached hydrogens (tertiary/aromatic N) is 5. The molecule has 11 heteroatoms. The molecule has 0 radical (unpaired) electrons. The van der Waals surface area contributed by atoms with E-state index in [1.165, 1.54) is 16.3 Å². The van der Waals surface area contributed by atoms with E-state index >= 15 is 0 Å². The topological polar surface area (TPSA) is 86.9 Å². The van der Waals surface area contributed by atoms with Crippen LogP contribution in [0.2, 0.25) is 0 Å². The zero-order valence-corrected chi connectivity index (χ0v) is 13.6. The predicted molar refractivity (Wildman–Crippen MR) is 79.4 cm³/mol. The number of ether oxygens (including phenoxy) is 1. The summed E-state index contributed by atoms with van der Waals surface area (Å²) in [5, 5.41) is 10.3. The van der Waals surface area contributed by atoms with Gasteiger partial charge in [0.05, 0.1) is 17.9 Å². The number of anilines is 1. The number of aromatic nitrogens is 5. The first-order valence-electron chi connectivity index (χ1n) is 7.39. The number of allylic oxidation sites excluding steroid dienone is 1. The van der Waals surface area contributed by atoms with Crippen LogP contribution >= 0.6 is 0 Å². The monoisotopic (exact) mass is 356 g/mol. The summed E-state index contributed by atoms with van der Waals surface area (Å²) >= 11 is 0. The molecule has 1 N–H and O–H groups in total. The van der Waals surface area contributed by atoms with Crippen molar-refractivity contribution in [3.8, 4) is 0 Å². The number of alkyl halides is 3. The molecule has 2 aromatic heterocycles. The molecule has 0 amide bonds. The van der Waals surface area contributed by atoms with Crippen LogP contribution in [0, 0.1) is 6.92 Å². The highest BCUT2D eigenvalue weighted by Crippen LogP contribution is 2.41. The molecule has 0 saturated heterocycles. The minimum absolute atomic E-state index is 0.0591. The fourth-order valence-electron chi connectivity index (χ4n) is 2.79. The van der Waals surface area contributed by atoms with Crippen molar-refractivity contribution in [2.24, 2.45) is 7.05 Å². The van der Waals surface area contributed by atoms with E-state index in [0.717, 1.165) is 6.33 Å². The van der Waals surface area contributed by atoms with Crippen molar-refractivity contribution in [3.63, 3.8) is 0 Å². The van der Waals surface area contributed by atoms with Gasteiger partial charge in [0.2, 0.25) is 5.95 Å². The Hall–Kier alpha value is -2.85. The van der Waals surface area contributed by atoms with Crippen LogP contribution in [-0.2, 0) is 16.6 Å². The van der Waals surface area contributed by atoms with Gasteiger partial charge in [-0.1, -0.05) is 0 Å². The van der Waals surface area contributed by atoms with Gasteiger partial charge >= 0.3 is 12.1 Å². The van der Waals surface area contributed by atoms with Gasteiger partial charge in [-0.15, -0.1) is 0 Å². The summed E-state index contributed by atoms with van der Waals surface area (Å²) in [7, 11) is 1.64. The standard InChI is InChI=1S/C14H15F3N6O2/c1-4-25-12(24)9-10(8-5-22(3)21-7(8)2)23-13(18-6-19-23)20-11(9)14(15,16)17/h5-6,10H,4H2,1-3H3,(H,18,19,20). The summed E-state index contributed by atoms with van der Waals surface area (Å²) in [6.07, 6.45) is -2.14. The highest BCUT2D eigenvalue weighted by molar-refractivity contribution is 5.92. The van der Waals surface area contributed by atoms with Crippen LogP contribution in [0.15, 0.2) is 23.8 Å². The molecule has 1 unspecified atom stereocenters. The van der Waals surface area contributed by atoms with Gasteiger partial charge in [-0.25, -0.2) is 9.48 Å². The number of halogens is 3. The number of hydrogen-bond acceptors (Lipinski definition) is 6. The highest BCUT2D eigenvalue weighted by Gasteiger charge is 2.47. The maximum atomic E-state index is 13.6. The van der Waals surface area contributed by atoms with Gasteiger partial charge in [-0.2, -0.15) is 28.4 Å². The summed E-state index contributed by atoms with van der Waals surface area (Å²) in [5.41, 5.74) is -0.914. The third-order valence-corrected chi connectivity index (χ3v) is 3.72. The maximum Gasteiger partial charge on any atom is 0.431 e. The lowest BCUT2D eigenvalue weighted by Crippen LogP contribution is -2.35. The summed E-state index contributed by atoms with van der Waals surface area (Å²) in [6.45, 7) is 3.10. The molecule has 0 bridgehead atoms. The third-order valence-electron chi connectivity index (χ3n) is 3.72. The highest BCUT2D eigenvalue weighted by atomic mass is 19.4. The normalized spacial score (nSPS) is 17.3. The lowest BCUT2D eigenvalue weighted by atomic mass is 9.95. The number of esters is 1. The van der Waals surface area contributed by atoms with Gasteiger partial charge < -0.3 is 10.1 Å². The number of carbonyl (C=O) groups excluding carboxylic acids is 1. The average molecular weight is 356 g/mol. The van der Waals surface area contributed by atoms with Crippen molar-refractivity contribution < 1.29 is 22.7 Å². The van der Waals surface area contributed by atoms with E-state index in [1.54, 1.807) is 20.2 Å². The molecule has 25 heavy (non-hydrogen) atoms. The van der Waals surface area contributed by atoms with Gasteiger partial charge in [0.15, 0.2) is 0 Å². The third kappa shape index (κ3) is 2.85. The molecular formula is C14H15F3N6O2. The number of carbonyl (C=O) groups is 1. The lowest BCUT2D eigenvalue weighted by Gasteiger charge is -2.29. The molecule has 134 valence electrons. The Morgan fingerprint density at radius 2 is 2.16 bits per heavy atom. The predicted octanol–water partition coefficient (Wildman–Crippen LogP) is 1.71. The van der Waals surface area contributed by atoms with E-state index < -0.39 is 29.5 Å². The molecular weight excluding hydrogens is 341 g/mol. The van der Waals surface area contributed by atoms with Crippen molar-refractivity contribution in [2.45, 2.75) is 26.1 Å². The molecule has 1 aliphatic heterocycles. The number of fused-ring (bicyclic) bond motifs is 1. The van der Waals surface area contributed by atoms with Crippen LogP contribution in [0.1, 0.15) is 24.2 Å². The molecule has 1 aliphatic rings. The van der Waals surface area contributed by atoms with Crippen LogP contribution in [-0.4, -0.2) is 43.3 Å². The minimum Gasteiger partial charge on any atom is -0.463 e. The molecule has 0 aliphatic carbocycles. The second kappa shape index (κ2) is 5.90. The molecule has 2 aromatic rings. The smallest absolute Gasteiger partial charge is 0.431 e. The molecule has 1 atom stereocenters. The Morgan fingerprint density at radius 3 is 2.72 bits per heavy atom. The Bertz CT molecular complexity index is 851. The first-order valence-corrected chi connectivity index (χ1v) is 7.39. The first-order chi connectivity index (χ1) is 11.7. The van der Waals surface area contributed by atoms with E-state index in [2.05, 4.69) is 20.5 Å². The quantitative estimate of drug-likeness (QED) is 0.843. The van der Waals surface area contributed by atoms with E-state index in [0.29, 0.717) is 11.3 Å². The summed E-state index contributed by atoms with van der Waals surface area (Å²) in [5.74, 6) is -1.19. The second-order valence-corrected chi connectivity index (χ2v) is 5.41. The Morgan fingerprint density at radius 1 is 1.44 bits per heavy atom. The fraction of sp³-hybridized carbons (Fsp3) is 0.429. The molecule has 0 saturated carbocycles. The molecule has 0 fully saturated rings. The molecule has 8 nitrogen and oxygen atoms in total. The lowest BCUT2D eigenvalue weighted by molar-refractivity contribution is -0.140. The Labute approximate surface area is 140 Å². The maximum absolute atomic E-state index is 13.6. The number of aryl methyl sites for hydroxylation is 2. The van der Waals surface area contributed by atoms with E-state index in [-0.39, 0.29) is 12.6 Å². The van der Waals surface area contributed by atoms with Crippen LogP contribution in [0.4, 0.5) is 19.1 Å². The molecule has 0 aromatic carbocycles. The van der Waals surface area contributed by atoms with Gasteiger partial charge in [0.1, 0.15) is 18.1 Å². The second-order valence-electron chi connectivity index (χ2n) is 5.41. The molecule has 3 heterocycles. The van der Waals surface area contributed by atoms with Crippen LogP contribution < -0.4 is 5.32 Å². The summed E-state index contributed by atoms with van der Waals surface area (Å²) in [4.78, 5) is 16.2. The van der Waals surface area contributed by atoms with Crippen molar-refractivity contribution in [1.29, 1.82) is 0 Å². The van der Waals surface area contributed by atoms with Crippen LogP contribution in [0.25, 0.3) is 0 Å². The molecule has 3 rings (SSSR count). The van der Waals surface area contributed by atoms with Gasteiger partial charge in [-0.05, 0) is 13.8 Å². The SMILES string of the molecule is CCOC(=O)C1=C(C(F)(F)F)Nc2ncnn2C1c1cn(C)nc1C. The Balaban J connectivity index is 2.28. The van der Waals surface area contributed by atoms with E-state index in [4.69, 9.17) is 4.74 Å². The zero-order valence-electron chi connectivity index (χ0n) is 13.6. The number of nitrogens with one attached hydrogen (secondary N) is 1. The first kappa shape index (κ1) is 17.0. The van der Waals surface area contributed by atoms with Gasteiger partial charge in [-0.3, -0.25) is 4.68 Å². The number of rotatable bonds is 3. The van der Waals surface area contributed by atoms with Crippen molar-refractivity contribution in [3.05, 3.63) is 35.1 Å². The van der Waals surface area contributed by atoms with Crippen molar-refractivity contribution >= 4 is 11.9 Å².